The van der Waals surface area contributed by atoms with Crippen molar-refractivity contribution in [1.29, 1.82) is 0 Å². The first-order valence-electron chi connectivity index (χ1n) is 4.86. The van der Waals surface area contributed by atoms with E-state index in [1.165, 1.54) is 17.2 Å². The predicted molar refractivity (Wildman–Crippen MR) is 50.5 cm³/mol. The van der Waals surface area contributed by atoms with Gasteiger partial charge in [0.1, 0.15) is 12.5 Å². The SMILES string of the molecule is CC1OC(N2C=CC(O)NC2=O)CC1O. The highest BCUT2D eigenvalue weighted by molar-refractivity contribution is 5.77. The lowest BCUT2D eigenvalue weighted by molar-refractivity contribution is -0.0258. The molecule has 2 aliphatic heterocycles. The van der Waals surface area contributed by atoms with Gasteiger partial charge in [0.15, 0.2) is 0 Å². The van der Waals surface area contributed by atoms with Crippen molar-refractivity contribution in [2.45, 2.75) is 38.0 Å². The van der Waals surface area contributed by atoms with Crippen LogP contribution in [-0.2, 0) is 4.74 Å². The Balaban J connectivity index is 2.06. The molecule has 4 atom stereocenters. The van der Waals surface area contributed by atoms with Gasteiger partial charge in [-0.1, -0.05) is 0 Å². The van der Waals surface area contributed by atoms with Gasteiger partial charge in [0.05, 0.1) is 12.2 Å². The molecule has 3 N–H and O–H groups in total. The molecule has 6 heteroatoms. The third-order valence-electron chi connectivity index (χ3n) is 2.60. The first-order chi connectivity index (χ1) is 7.08. The number of carbonyl (C=O) groups excluding carboxylic acids is 1. The number of nitrogens with zero attached hydrogens (tertiary/aromatic N) is 1. The average Bonchev–Trinajstić information content (AvgIpc) is 2.46. The molecule has 1 fully saturated rings. The Hall–Kier alpha value is -1.11. The maximum Gasteiger partial charge on any atom is 0.325 e. The zero-order valence-corrected chi connectivity index (χ0v) is 8.33. The maximum absolute atomic E-state index is 11.4. The van der Waals surface area contributed by atoms with Gasteiger partial charge in [-0.05, 0) is 13.0 Å². The number of carbonyl (C=O) groups is 1. The maximum atomic E-state index is 11.4. The van der Waals surface area contributed by atoms with Gasteiger partial charge in [-0.25, -0.2) is 4.79 Å². The van der Waals surface area contributed by atoms with Gasteiger partial charge >= 0.3 is 6.03 Å². The molecule has 0 aromatic rings. The van der Waals surface area contributed by atoms with Crippen LogP contribution in [0.4, 0.5) is 4.79 Å². The van der Waals surface area contributed by atoms with Crippen molar-refractivity contribution in [3.05, 3.63) is 12.3 Å². The van der Waals surface area contributed by atoms with E-state index < -0.39 is 24.6 Å². The first kappa shape index (κ1) is 10.4. The average molecular weight is 214 g/mol. The molecule has 2 amide bonds. The van der Waals surface area contributed by atoms with Crippen LogP contribution < -0.4 is 5.32 Å². The van der Waals surface area contributed by atoms with Gasteiger partial charge in [0.2, 0.25) is 0 Å². The van der Waals surface area contributed by atoms with E-state index in [1.807, 2.05) is 0 Å². The molecular weight excluding hydrogens is 200 g/mol. The van der Waals surface area contributed by atoms with E-state index in [0.29, 0.717) is 6.42 Å². The second-order valence-electron chi connectivity index (χ2n) is 3.74. The lowest BCUT2D eigenvalue weighted by Gasteiger charge is -2.29. The van der Waals surface area contributed by atoms with Crippen LogP contribution >= 0.6 is 0 Å². The zero-order chi connectivity index (χ0) is 11.0. The van der Waals surface area contributed by atoms with Gasteiger partial charge in [-0.2, -0.15) is 0 Å². The Labute approximate surface area is 87.1 Å². The second-order valence-corrected chi connectivity index (χ2v) is 3.74. The lowest BCUT2D eigenvalue weighted by atomic mass is 10.2. The van der Waals surface area contributed by atoms with E-state index in [9.17, 15) is 9.90 Å². The molecule has 0 saturated carbocycles. The number of urea groups is 1. The molecule has 0 aromatic heterocycles. The van der Waals surface area contributed by atoms with Gasteiger partial charge in [-0.15, -0.1) is 0 Å². The van der Waals surface area contributed by atoms with Gasteiger partial charge in [0.25, 0.3) is 0 Å². The van der Waals surface area contributed by atoms with Crippen molar-refractivity contribution in [3.8, 4) is 0 Å². The fourth-order valence-corrected chi connectivity index (χ4v) is 1.69. The van der Waals surface area contributed by atoms with Crippen molar-refractivity contribution in [2.75, 3.05) is 0 Å². The Morgan fingerprint density at radius 2 is 2.33 bits per heavy atom. The first-order valence-corrected chi connectivity index (χ1v) is 4.86. The lowest BCUT2D eigenvalue weighted by Crippen LogP contribution is -2.49. The highest BCUT2D eigenvalue weighted by Gasteiger charge is 2.37. The van der Waals surface area contributed by atoms with Crippen molar-refractivity contribution in [3.63, 3.8) is 0 Å². The summed E-state index contributed by atoms with van der Waals surface area (Å²) in [6.07, 6.45) is 1.07. The van der Waals surface area contributed by atoms with Crippen LogP contribution in [0.5, 0.6) is 0 Å². The van der Waals surface area contributed by atoms with Crippen LogP contribution in [0.15, 0.2) is 12.3 Å². The Morgan fingerprint density at radius 1 is 1.60 bits per heavy atom. The zero-order valence-electron chi connectivity index (χ0n) is 8.33. The third-order valence-corrected chi connectivity index (χ3v) is 2.60. The summed E-state index contributed by atoms with van der Waals surface area (Å²) in [6, 6.07) is -0.420. The molecular formula is C9H14N2O4. The smallest absolute Gasteiger partial charge is 0.325 e. The van der Waals surface area contributed by atoms with Crippen LogP contribution in [-0.4, -0.2) is 45.8 Å². The van der Waals surface area contributed by atoms with Crippen molar-refractivity contribution in [1.82, 2.24) is 10.2 Å². The van der Waals surface area contributed by atoms with Gasteiger partial charge in [-0.3, -0.25) is 4.90 Å². The van der Waals surface area contributed by atoms with Gasteiger partial charge < -0.3 is 20.3 Å². The fourth-order valence-electron chi connectivity index (χ4n) is 1.69. The molecule has 6 nitrogen and oxygen atoms in total. The molecule has 1 saturated heterocycles. The summed E-state index contributed by atoms with van der Waals surface area (Å²) in [5, 5.41) is 20.9. The summed E-state index contributed by atoms with van der Waals surface area (Å²) in [6.45, 7) is 1.76. The van der Waals surface area contributed by atoms with Crippen LogP contribution in [0.25, 0.3) is 0 Å². The van der Waals surface area contributed by atoms with E-state index in [-0.39, 0.29) is 6.10 Å². The molecule has 4 unspecified atom stereocenters. The quantitative estimate of drug-likeness (QED) is 0.541. The van der Waals surface area contributed by atoms with Crippen LogP contribution in [0, 0.1) is 0 Å². The van der Waals surface area contributed by atoms with Crippen LogP contribution in [0.3, 0.4) is 0 Å². The number of rotatable bonds is 1. The molecule has 0 aliphatic carbocycles. The molecule has 15 heavy (non-hydrogen) atoms. The number of ether oxygens (including phenoxy) is 1. The molecule has 2 heterocycles. The summed E-state index contributed by atoms with van der Waals surface area (Å²) in [7, 11) is 0. The second kappa shape index (κ2) is 3.80. The van der Waals surface area contributed by atoms with Crippen LogP contribution in [0.1, 0.15) is 13.3 Å². The molecule has 0 radical (unpaired) electrons. The van der Waals surface area contributed by atoms with Gasteiger partial charge in [0, 0.05) is 12.6 Å². The van der Waals surface area contributed by atoms with E-state index in [1.54, 1.807) is 6.92 Å². The minimum absolute atomic E-state index is 0.275. The van der Waals surface area contributed by atoms with Crippen LogP contribution in [0.2, 0.25) is 0 Å². The Bertz CT molecular complexity index is 284. The van der Waals surface area contributed by atoms with E-state index in [4.69, 9.17) is 9.84 Å². The highest BCUT2D eigenvalue weighted by Crippen LogP contribution is 2.24. The van der Waals surface area contributed by atoms with E-state index in [0.717, 1.165) is 0 Å². The number of hydrogen-bond donors (Lipinski definition) is 3. The number of nitrogens with one attached hydrogen (secondary N) is 1. The molecule has 0 bridgehead atoms. The monoisotopic (exact) mass is 214 g/mol. The summed E-state index contributed by atoms with van der Waals surface area (Å²) in [4.78, 5) is 12.8. The topological polar surface area (TPSA) is 82.0 Å². The molecule has 0 spiro atoms. The normalized spacial score (nSPS) is 40.7. The Kier molecular flexibility index (Phi) is 2.64. The minimum Gasteiger partial charge on any atom is -0.390 e. The predicted octanol–water partition coefficient (Wildman–Crippen LogP) is -0.661. The number of hydrogen-bond acceptors (Lipinski definition) is 4. The minimum atomic E-state index is -0.947. The van der Waals surface area contributed by atoms with Crippen molar-refractivity contribution >= 4 is 6.03 Å². The summed E-state index contributed by atoms with van der Waals surface area (Å²) >= 11 is 0. The molecule has 2 rings (SSSR count). The van der Waals surface area contributed by atoms with E-state index >= 15 is 0 Å². The summed E-state index contributed by atoms with van der Waals surface area (Å²) < 4.78 is 5.40. The molecule has 2 aliphatic rings. The summed E-state index contributed by atoms with van der Waals surface area (Å²) in [5.41, 5.74) is 0. The number of amides is 2. The third kappa shape index (κ3) is 1.97. The molecule has 0 aromatic carbocycles. The largest absolute Gasteiger partial charge is 0.390 e. The van der Waals surface area contributed by atoms with Crippen molar-refractivity contribution in [2.24, 2.45) is 0 Å². The number of aliphatic hydroxyl groups excluding tert-OH is 2. The fraction of sp³-hybridized carbons (Fsp3) is 0.667. The van der Waals surface area contributed by atoms with Crippen molar-refractivity contribution < 1.29 is 19.7 Å². The Morgan fingerprint density at radius 3 is 2.87 bits per heavy atom. The molecule has 84 valence electrons. The standard InChI is InChI=1S/C9H14N2O4/c1-5-6(12)4-8(15-5)11-3-2-7(13)10-9(11)14/h2-3,5-8,12-13H,4H2,1H3,(H,10,14). The number of aliphatic hydroxyl groups is 2. The van der Waals surface area contributed by atoms with E-state index in [2.05, 4.69) is 5.32 Å². The highest BCUT2D eigenvalue weighted by atomic mass is 16.5. The summed E-state index contributed by atoms with van der Waals surface area (Å²) in [5.74, 6) is 0.